The molecule has 0 saturated heterocycles. The SMILES string of the molecule is CCCc1nc(Cl)cc(NCCOCCC(C)C)n1. The number of aromatic nitrogens is 2. The van der Waals surface area contributed by atoms with Crippen LogP contribution in [-0.4, -0.2) is 29.7 Å². The van der Waals surface area contributed by atoms with E-state index in [4.69, 9.17) is 16.3 Å². The molecular weight excluding hydrogens is 262 g/mol. The summed E-state index contributed by atoms with van der Waals surface area (Å²) in [6.45, 7) is 8.71. The molecule has 19 heavy (non-hydrogen) atoms. The van der Waals surface area contributed by atoms with Gasteiger partial charge in [-0.3, -0.25) is 0 Å². The summed E-state index contributed by atoms with van der Waals surface area (Å²) >= 11 is 5.96. The summed E-state index contributed by atoms with van der Waals surface area (Å²) in [5.41, 5.74) is 0. The van der Waals surface area contributed by atoms with Crippen molar-refractivity contribution < 1.29 is 4.74 Å². The van der Waals surface area contributed by atoms with Crippen molar-refractivity contribution in [2.45, 2.75) is 40.0 Å². The van der Waals surface area contributed by atoms with Crippen LogP contribution in [0.1, 0.15) is 39.4 Å². The fraction of sp³-hybridized carbons (Fsp3) is 0.714. The van der Waals surface area contributed by atoms with E-state index in [9.17, 15) is 0 Å². The Bertz CT molecular complexity index is 372. The van der Waals surface area contributed by atoms with Crippen LogP contribution in [-0.2, 0) is 11.2 Å². The zero-order chi connectivity index (χ0) is 14.1. The van der Waals surface area contributed by atoms with E-state index in [1.165, 1.54) is 0 Å². The van der Waals surface area contributed by atoms with Crippen LogP contribution in [0.5, 0.6) is 0 Å². The predicted octanol–water partition coefficient (Wildman–Crippen LogP) is 3.56. The quantitative estimate of drug-likeness (QED) is 0.557. The van der Waals surface area contributed by atoms with Crippen LogP contribution >= 0.6 is 11.6 Å². The number of rotatable bonds is 9. The van der Waals surface area contributed by atoms with Crippen molar-refractivity contribution in [1.82, 2.24) is 9.97 Å². The summed E-state index contributed by atoms with van der Waals surface area (Å²) < 4.78 is 5.54. The molecule has 4 nitrogen and oxygen atoms in total. The van der Waals surface area contributed by atoms with Gasteiger partial charge in [0.25, 0.3) is 0 Å². The number of halogens is 1. The van der Waals surface area contributed by atoms with Gasteiger partial charge in [-0.2, -0.15) is 0 Å². The third-order valence-electron chi connectivity index (χ3n) is 2.61. The predicted molar refractivity (Wildman–Crippen MR) is 79.8 cm³/mol. The monoisotopic (exact) mass is 285 g/mol. The molecule has 0 radical (unpaired) electrons. The molecule has 1 N–H and O–H groups in total. The second kappa shape index (κ2) is 9.10. The molecule has 0 bridgehead atoms. The zero-order valence-corrected chi connectivity index (χ0v) is 12.8. The van der Waals surface area contributed by atoms with Gasteiger partial charge in [-0.05, 0) is 18.8 Å². The van der Waals surface area contributed by atoms with Gasteiger partial charge in [0.2, 0.25) is 0 Å². The van der Waals surface area contributed by atoms with Gasteiger partial charge >= 0.3 is 0 Å². The number of hydrogen-bond donors (Lipinski definition) is 1. The Balaban J connectivity index is 2.28. The van der Waals surface area contributed by atoms with E-state index in [1.54, 1.807) is 6.07 Å². The first-order valence-electron chi connectivity index (χ1n) is 6.97. The molecule has 0 aliphatic heterocycles. The molecule has 108 valence electrons. The molecule has 0 saturated carbocycles. The lowest BCUT2D eigenvalue weighted by atomic mass is 10.1. The number of aryl methyl sites for hydroxylation is 1. The van der Waals surface area contributed by atoms with Gasteiger partial charge < -0.3 is 10.1 Å². The maximum absolute atomic E-state index is 5.96. The molecule has 0 aliphatic carbocycles. The Morgan fingerprint density at radius 3 is 2.79 bits per heavy atom. The van der Waals surface area contributed by atoms with Crippen LogP contribution in [0.15, 0.2) is 6.07 Å². The highest BCUT2D eigenvalue weighted by atomic mass is 35.5. The second-order valence-corrected chi connectivity index (χ2v) is 5.35. The van der Waals surface area contributed by atoms with Gasteiger partial charge in [0.05, 0.1) is 6.61 Å². The Morgan fingerprint density at radius 2 is 2.11 bits per heavy atom. The highest BCUT2D eigenvalue weighted by Gasteiger charge is 2.02. The van der Waals surface area contributed by atoms with E-state index < -0.39 is 0 Å². The van der Waals surface area contributed by atoms with Crippen molar-refractivity contribution in [2.75, 3.05) is 25.1 Å². The molecule has 1 aromatic rings. The lowest BCUT2D eigenvalue weighted by molar-refractivity contribution is 0.132. The maximum Gasteiger partial charge on any atom is 0.134 e. The molecule has 0 aromatic carbocycles. The van der Waals surface area contributed by atoms with Gasteiger partial charge in [-0.25, -0.2) is 9.97 Å². The Morgan fingerprint density at radius 1 is 1.32 bits per heavy atom. The molecule has 0 aliphatic rings. The van der Waals surface area contributed by atoms with E-state index in [0.29, 0.717) is 17.7 Å². The molecule has 0 amide bonds. The Kier molecular flexibility index (Phi) is 7.75. The highest BCUT2D eigenvalue weighted by molar-refractivity contribution is 6.29. The summed E-state index contributed by atoms with van der Waals surface area (Å²) in [5, 5.41) is 3.70. The van der Waals surface area contributed by atoms with Crippen LogP contribution in [0.3, 0.4) is 0 Å². The topological polar surface area (TPSA) is 47.0 Å². The molecule has 1 heterocycles. The molecule has 5 heteroatoms. The third kappa shape index (κ3) is 7.33. The van der Waals surface area contributed by atoms with Crippen LogP contribution in [0.4, 0.5) is 5.82 Å². The molecule has 0 atom stereocenters. The second-order valence-electron chi connectivity index (χ2n) is 4.96. The number of nitrogens with zero attached hydrogens (tertiary/aromatic N) is 2. The van der Waals surface area contributed by atoms with Crippen molar-refractivity contribution in [1.29, 1.82) is 0 Å². The first kappa shape index (κ1) is 16.2. The normalized spacial score (nSPS) is 11.0. The summed E-state index contributed by atoms with van der Waals surface area (Å²) in [6.07, 6.45) is 2.96. The van der Waals surface area contributed by atoms with Crippen molar-refractivity contribution in [3.8, 4) is 0 Å². The summed E-state index contributed by atoms with van der Waals surface area (Å²) in [4.78, 5) is 8.59. The van der Waals surface area contributed by atoms with Gasteiger partial charge in [0.1, 0.15) is 16.8 Å². The first-order valence-corrected chi connectivity index (χ1v) is 7.34. The number of hydrogen-bond acceptors (Lipinski definition) is 4. The molecule has 0 unspecified atom stereocenters. The average Bonchev–Trinajstić information content (AvgIpc) is 2.33. The van der Waals surface area contributed by atoms with Crippen LogP contribution in [0.2, 0.25) is 5.15 Å². The smallest absolute Gasteiger partial charge is 0.134 e. The van der Waals surface area contributed by atoms with E-state index in [0.717, 1.165) is 44.1 Å². The molecular formula is C14H24ClN3O. The minimum absolute atomic E-state index is 0.488. The third-order valence-corrected chi connectivity index (χ3v) is 2.80. The van der Waals surface area contributed by atoms with E-state index >= 15 is 0 Å². The standard InChI is InChI=1S/C14H24ClN3O/c1-4-5-13-17-12(15)10-14(18-13)16-7-9-19-8-6-11(2)3/h10-11H,4-9H2,1-3H3,(H,16,17,18). The molecule has 1 aromatic heterocycles. The van der Waals surface area contributed by atoms with Crippen LogP contribution < -0.4 is 5.32 Å². The zero-order valence-electron chi connectivity index (χ0n) is 12.1. The summed E-state index contributed by atoms with van der Waals surface area (Å²) in [6, 6.07) is 1.74. The van der Waals surface area contributed by atoms with Crippen molar-refractivity contribution in [3.63, 3.8) is 0 Å². The van der Waals surface area contributed by atoms with Gasteiger partial charge in [0, 0.05) is 25.6 Å². The molecule has 0 spiro atoms. The van der Waals surface area contributed by atoms with E-state index in [2.05, 4.69) is 36.1 Å². The van der Waals surface area contributed by atoms with Gasteiger partial charge in [-0.15, -0.1) is 0 Å². The Labute approximate surface area is 120 Å². The van der Waals surface area contributed by atoms with Gasteiger partial charge in [-0.1, -0.05) is 32.4 Å². The van der Waals surface area contributed by atoms with Crippen LogP contribution in [0, 0.1) is 5.92 Å². The average molecular weight is 286 g/mol. The number of nitrogens with one attached hydrogen (secondary N) is 1. The fourth-order valence-corrected chi connectivity index (χ4v) is 1.76. The molecule has 0 fully saturated rings. The lowest BCUT2D eigenvalue weighted by Crippen LogP contribution is -2.12. The summed E-state index contributed by atoms with van der Waals surface area (Å²) in [5.74, 6) is 2.25. The first-order chi connectivity index (χ1) is 9.11. The Hall–Kier alpha value is -0.870. The summed E-state index contributed by atoms with van der Waals surface area (Å²) in [7, 11) is 0. The van der Waals surface area contributed by atoms with Crippen molar-refractivity contribution in [2.24, 2.45) is 5.92 Å². The largest absolute Gasteiger partial charge is 0.380 e. The highest BCUT2D eigenvalue weighted by Crippen LogP contribution is 2.12. The minimum atomic E-state index is 0.488. The fourth-order valence-electron chi connectivity index (χ4n) is 1.56. The minimum Gasteiger partial charge on any atom is -0.380 e. The van der Waals surface area contributed by atoms with Crippen molar-refractivity contribution in [3.05, 3.63) is 17.0 Å². The maximum atomic E-state index is 5.96. The van der Waals surface area contributed by atoms with E-state index in [-0.39, 0.29) is 0 Å². The molecule has 1 rings (SSSR count). The van der Waals surface area contributed by atoms with Crippen molar-refractivity contribution >= 4 is 17.4 Å². The van der Waals surface area contributed by atoms with E-state index in [1.807, 2.05) is 0 Å². The van der Waals surface area contributed by atoms with Gasteiger partial charge in [0.15, 0.2) is 0 Å². The van der Waals surface area contributed by atoms with Crippen LogP contribution in [0.25, 0.3) is 0 Å². The number of ether oxygens (including phenoxy) is 1. The number of anilines is 1. The lowest BCUT2D eigenvalue weighted by Gasteiger charge is -2.09.